The molecule has 0 bridgehead atoms. The monoisotopic (exact) mass is 438 g/mol. The van der Waals surface area contributed by atoms with Gasteiger partial charge in [-0.3, -0.25) is 14.4 Å². The molecule has 1 unspecified atom stereocenters. The highest BCUT2D eigenvalue weighted by atomic mass is 79.9. The molecular formula is C18H16BrClN2O4. The number of carbonyl (C=O) groups excluding carboxylic acids is 3. The third-order valence-electron chi connectivity index (χ3n) is 3.27. The number of anilines is 1. The molecule has 0 aliphatic carbocycles. The van der Waals surface area contributed by atoms with Crippen LogP contribution in [-0.2, 0) is 14.3 Å². The average Bonchev–Trinajstić information content (AvgIpc) is 2.61. The van der Waals surface area contributed by atoms with E-state index in [-0.39, 0.29) is 6.54 Å². The SMILES string of the molecule is CC(OC(=O)CNC(=O)c1cccc(Br)c1)C(=O)Nc1ccc(Cl)cc1. The minimum atomic E-state index is -1.01. The molecule has 1 atom stereocenters. The van der Waals surface area contributed by atoms with E-state index in [9.17, 15) is 14.4 Å². The van der Waals surface area contributed by atoms with Gasteiger partial charge in [0.1, 0.15) is 6.54 Å². The highest BCUT2D eigenvalue weighted by Gasteiger charge is 2.18. The number of carbonyl (C=O) groups is 3. The molecule has 136 valence electrons. The number of hydrogen-bond acceptors (Lipinski definition) is 4. The molecule has 2 aromatic rings. The number of benzene rings is 2. The molecule has 26 heavy (non-hydrogen) atoms. The van der Waals surface area contributed by atoms with Gasteiger partial charge >= 0.3 is 5.97 Å². The van der Waals surface area contributed by atoms with E-state index in [4.69, 9.17) is 16.3 Å². The van der Waals surface area contributed by atoms with Gasteiger partial charge in [0.15, 0.2) is 6.10 Å². The Morgan fingerprint density at radius 2 is 1.85 bits per heavy atom. The molecule has 0 aliphatic rings. The van der Waals surface area contributed by atoms with Crippen LogP contribution in [0.15, 0.2) is 53.0 Å². The maximum Gasteiger partial charge on any atom is 0.326 e. The van der Waals surface area contributed by atoms with E-state index in [0.29, 0.717) is 16.3 Å². The van der Waals surface area contributed by atoms with Crippen LogP contribution in [0.25, 0.3) is 0 Å². The first-order chi connectivity index (χ1) is 12.3. The standard InChI is InChI=1S/C18H16BrClN2O4/c1-11(17(24)22-15-7-5-14(20)6-8-15)26-16(23)10-21-18(25)12-3-2-4-13(19)9-12/h2-9,11H,10H2,1H3,(H,21,25)(H,22,24). The molecule has 2 rings (SSSR count). The molecule has 0 saturated heterocycles. The Labute approximate surface area is 164 Å². The number of amides is 2. The van der Waals surface area contributed by atoms with Crippen LogP contribution in [-0.4, -0.2) is 30.4 Å². The fraction of sp³-hybridized carbons (Fsp3) is 0.167. The summed E-state index contributed by atoms with van der Waals surface area (Å²) in [7, 11) is 0. The van der Waals surface area contributed by atoms with Gasteiger partial charge in [-0.05, 0) is 49.4 Å². The summed E-state index contributed by atoms with van der Waals surface area (Å²) in [6, 6.07) is 13.3. The van der Waals surface area contributed by atoms with Crippen LogP contribution in [0.2, 0.25) is 5.02 Å². The summed E-state index contributed by atoms with van der Waals surface area (Å²) in [5, 5.41) is 5.59. The van der Waals surface area contributed by atoms with Gasteiger partial charge in [0, 0.05) is 20.7 Å². The van der Waals surface area contributed by atoms with Crippen LogP contribution in [0.5, 0.6) is 0 Å². The molecule has 8 heteroatoms. The van der Waals surface area contributed by atoms with Crippen molar-refractivity contribution in [2.45, 2.75) is 13.0 Å². The Kier molecular flexibility index (Phi) is 7.17. The molecule has 0 radical (unpaired) electrons. The minimum Gasteiger partial charge on any atom is -0.451 e. The van der Waals surface area contributed by atoms with Crippen LogP contribution in [0, 0.1) is 0 Å². The maximum atomic E-state index is 12.0. The molecule has 2 N–H and O–H groups in total. The Morgan fingerprint density at radius 1 is 1.15 bits per heavy atom. The van der Waals surface area contributed by atoms with Crippen molar-refractivity contribution in [1.82, 2.24) is 5.32 Å². The van der Waals surface area contributed by atoms with E-state index >= 15 is 0 Å². The van der Waals surface area contributed by atoms with Crippen molar-refractivity contribution in [3.8, 4) is 0 Å². The fourth-order valence-electron chi connectivity index (χ4n) is 1.95. The molecule has 6 nitrogen and oxygen atoms in total. The van der Waals surface area contributed by atoms with E-state index < -0.39 is 23.9 Å². The van der Waals surface area contributed by atoms with Gasteiger partial charge in [-0.1, -0.05) is 33.6 Å². The Hall–Kier alpha value is -2.38. The Bertz CT molecular complexity index is 811. The largest absolute Gasteiger partial charge is 0.451 e. The van der Waals surface area contributed by atoms with Crippen molar-refractivity contribution < 1.29 is 19.1 Å². The summed E-state index contributed by atoms with van der Waals surface area (Å²) in [4.78, 5) is 35.8. The molecule has 0 aliphatic heterocycles. The highest BCUT2D eigenvalue weighted by Crippen LogP contribution is 2.14. The van der Waals surface area contributed by atoms with Gasteiger partial charge in [-0.15, -0.1) is 0 Å². The number of nitrogens with one attached hydrogen (secondary N) is 2. The number of ether oxygens (including phenoxy) is 1. The first-order valence-electron chi connectivity index (χ1n) is 7.65. The second-order valence-corrected chi connectivity index (χ2v) is 6.67. The first kappa shape index (κ1) is 19.9. The predicted octanol–water partition coefficient (Wildman–Crippen LogP) is 3.40. The van der Waals surface area contributed by atoms with E-state index in [1.54, 1.807) is 48.5 Å². The van der Waals surface area contributed by atoms with Gasteiger partial charge in [-0.2, -0.15) is 0 Å². The summed E-state index contributed by atoms with van der Waals surface area (Å²) in [6.07, 6.45) is -1.01. The van der Waals surface area contributed by atoms with Crippen molar-refractivity contribution in [1.29, 1.82) is 0 Å². The zero-order valence-corrected chi connectivity index (χ0v) is 16.1. The normalized spacial score (nSPS) is 11.3. The molecular weight excluding hydrogens is 424 g/mol. The van der Waals surface area contributed by atoms with Gasteiger partial charge < -0.3 is 15.4 Å². The third kappa shape index (κ3) is 6.16. The second-order valence-electron chi connectivity index (χ2n) is 5.32. The smallest absolute Gasteiger partial charge is 0.326 e. The van der Waals surface area contributed by atoms with E-state index in [0.717, 1.165) is 4.47 Å². The molecule has 0 spiro atoms. The van der Waals surface area contributed by atoms with Crippen molar-refractivity contribution in [2.75, 3.05) is 11.9 Å². The highest BCUT2D eigenvalue weighted by molar-refractivity contribution is 9.10. The minimum absolute atomic E-state index is 0.343. The zero-order valence-electron chi connectivity index (χ0n) is 13.8. The summed E-state index contributed by atoms with van der Waals surface area (Å²) in [5.74, 6) is -1.62. The molecule has 0 aromatic heterocycles. The van der Waals surface area contributed by atoms with Crippen LogP contribution in [0.4, 0.5) is 5.69 Å². The van der Waals surface area contributed by atoms with E-state index in [1.807, 2.05) is 0 Å². The summed E-state index contributed by atoms with van der Waals surface area (Å²) >= 11 is 9.04. The van der Waals surface area contributed by atoms with Gasteiger partial charge in [-0.25, -0.2) is 0 Å². The lowest BCUT2D eigenvalue weighted by atomic mass is 10.2. The van der Waals surface area contributed by atoms with Crippen LogP contribution in [0.3, 0.4) is 0 Å². The number of halogens is 2. The van der Waals surface area contributed by atoms with Gasteiger partial charge in [0.05, 0.1) is 0 Å². The third-order valence-corrected chi connectivity index (χ3v) is 4.01. The Morgan fingerprint density at radius 3 is 2.50 bits per heavy atom. The van der Waals surface area contributed by atoms with Crippen molar-refractivity contribution in [3.63, 3.8) is 0 Å². The van der Waals surface area contributed by atoms with Crippen molar-refractivity contribution in [2.24, 2.45) is 0 Å². The maximum absolute atomic E-state index is 12.0. The second kappa shape index (κ2) is 9.35. The van der Waals surface area contributed by atoms with Crippen LogP contribution in [0.1, 0.15) is 17.3 Å². The van der Waals surface area contributed by atoms with Crippen LogP contribution < -0.4 is 10.6 Å². The fourth-order valence-corrected chi connectivity index (χ4v) is 2.48. The van der Waals surface area contributed by atoms with Crippen molar-refractivity contribution >= 4 is 51.0 Å². The quantitative estimate of drug-likeness (QED) is 0.676. The average molecular weight is 440 g/mol. The number of rotatable bonds is 6. The molecule has 0 fully saturated rings. The van der Waals surface area contributed by atoms with Crippen LogP contribution >= 0.6 is 27.5 Å². The lowest BCUT2D eigenvalue weighted by molar-refractivity contribution is -0.152. The summed E-state index contributed by atoms with van der Waals surface area (Å²) < 4.78 is 5.77. The lowest BCUT2D eigenvalue weighted by Gasteiger charge is -2.14. The topological polar surface area (TPSA) is 84.5 Å². The summed E-state index contributed by atoms with van der Waals surface area (Å²) in [5.41, 5.74) is 0.936. The first-order valence-corrected chi connectivity index (χ1v) is 8.82. The number of esters is 1. The summed E-state index contributed by atoms with van der Waals surface area (Å²) in [6.45, 7) is 1.10. The predicted molar refractivity (Wildman–Crippen MR) is 102 cm³/mol. The number of hydrogen-bond donors (Lipinski definition) is 2. The zero-order chi connectivity index (χ0) is 19.1. The van der Waals surface area contributed by atoms with E-state index in [1.165, 1.54) is 6.92 Å². The molecule has 0 heterocycles. The van der Waals surface area contributed by atoms with Gasteiger partial charge in [0.25, 0.3) is 11.8 Å². The molecule has 2 aromatic carbocycles. The van der Waals surface area contributed by atoms with Crippen molar-refractivity contribution in [3.05, 3.63) is 63.6 Å². The van der Waals surface area contributed by atoms with E-state index in [2.05, 4.69) is 26.6 Å². The lowest BCUT2D eigenvalue weighted by Crippen LogP contribution is -2.35. The molecule has 2 amide bonds. The van der Waals surface area contributed by atoms with Gasteiger partial charge in [0.2, 0.25) is 0 Å². The molecule has 0 saturated carbocycles. The Balaban J connectivity index is 1.80.